The van der Waals surface area contributed by atoms with E-state index in [1.807, 2.05) is 91.9 Å². The van der Waals surface area contributed by atoms with E-state index in [0.717, 1.165) is 50.4 Å². The van der Waals surface area contributed by atoms with E-state index in [1.165, 1.54) is 0 Å². The molecule has 39 heavy (non-hydrogen) atoms. The molecule has 0 amide bonds. The molecular formula is C32H27N3O4. The van der Waals surface area contributed by atoms with Crippen molar-refractivity contribution in [2.45, 2.75) is 25.2 Å². The third-order valence-corrected chi connectivity index (χ3v) is 7.35. The van der Waals surface area contributed by atoms with Crippen molar-refractivity contribution in [2.24, 2.45) is 0 Å². The second-order valence-electron chi connectivity index (χ2n) is 9.75. The number of carboxylic acid groups (broad SMARTS) is 1. The van der Waals surface area contributed by atoms with E-state index in [0.29, 0.717) is 24.5 Å². The Bertz CT molecular complexity index is 1670. The van der Waals surface area contributed by atoms with Crippen LogP contribution in [0.15, 0.2) is 95.6 Å². The van der Waals surface area contributed by atoms with Gasteiger partial charge in [-0.3, -0.25) is 4.79 Å². The number of pyridine rings is 1. The number of aryl methyl sites for hydroxylation is 1. The quantitative estimate of drug-likeness (QED) is 0.224. The number of hydrogen-bond acceptors (Lipinski definition) is 6. The molecule has 2 aromatic heterocycles. The van der Waals surface area contributed by atoms with Crippen LogP contribution in [-0.2, 0) is 10.2 Å². The molecule has 0 spiro atoms. The van der Waals surface area contributed by atoms with Crippen molar-refractivity contribution >= 4 is 17.3 Å². The molecule has 1 aliphatic carbocycles. The van der Waals surface area contributed by atoms with Gasteiger partial charge >= 0.3 is 5.97 Å². The van der Waals surface area contributed by atoms with Gasteiger partial charge in [-0.2, -0.15) is 0 Å². The number of hydrogen-bond donors (Lipinski definition) is 2. The first-order valence-corrected chi connectivity index (χ1v) is 12.8. The molecule has 0 radical (unpaired) electrons. The predicted octanol–water partition coefficient (Wildman–Crippen LogP) is 7.25. The van der Waals surface area contributed by atoms with Crippen LogP contribution in [0.4, 0.5) is 11.4 Å². The lowest BCUT2D eigenvalue weighted by atomic mass is 9.92. The Labute approximate surface area is 226 Å². The Hall–Kier alpha value is -4.91. The summed E-state index contributed by atoms with van der Waals surface area (Å²) in [5, 5.41) is 17.4. The number of rotatable bonds is 8. The topological polar surface area (TPSA) is 97.5 Å². The number of aromatic nitrogens is 2. The summed E-state index contributed by atoms with van der Waals surface area (Å²) in [5.74, 6) is 0.433. The molecule has 3 aromatic carbocycles. The lowest BCUT2D eigenvalue weighted by molar-refractivity contribution is -0.140. The van der Waals surface area contributed by atoms with Crippen LogP contribution >= 0.6 is 0 Å². The fourth-order valence-corrected chi connectivity index (χ4v) is 5.04. The number of nitrogens with one attached hydrogen (secondary N) is 1. The number of benzene rings is 3. The van der Waals surface area contributed by atoms with E-state index >= 15 is 0 Å². The largest absolute Gasteiger partial charge is 0.481 e. The minimum Gasteiger partial charge on any atom is -0.481 e. The normalized spacial score (nSPS) is 13.6. The molecular weight excluding hydrogens is 490 g/mol. The summed E-state index contributed by atoms with van der Waals surface area (Å²) in [4.78, 5) is 16.1. The van der Waals surface area contributed by atoms with E-state index in [1.54, 1.807) is 13.3 Å². The summed E-state index contributed by atoms with van der Waals surface area (Å²) in [6.07, 6.45) is 3.07. The third kappa shape index (κ3) is 4.42. The van der Waals surface area contributed by atoms with Gasteiger partial charge in [0.25, 0.3) is 0 Å². The first kappa shape index (κ1) is 24.4. The van der Waals surface area contributed by atoms with Gasteiger partial charge in [0, 0.05) is 23.0 Å². The first-order valence-electron chi connectivity index (χ1n) is 12.8. The second kappa shape index (κ2) is 9.76. The van der Waals surface area contributed by atoms with Crippen molar-refractivity contribution in [3.63, 3.8) is 0 Å². The smallest absolute Gasteiger partial charge is 0.314 e. The molecule has 5 aromatic rings. The maximum atomic E-state index is 11.8. The van der Waals surface area contributed by atoms with Crippen LogP contribution in [0.3, 0.4) is 0 Å². The van der Waals surface area contributed by atoms with E-state index < -0.39 is 11.4 Å². The van der Waals surface area contributed by atoms with Crippen LogP contribution in [0, 0.1) is 6.92 Å². The number of nitrogens with zero attached hydrogens (tertiary/aromatic N) is 2. The number of anilines is 2. The van der Waals surface area contributed by atoms with Crippen LogP contribution in [-0.4, -0.2) is 28.3 Å². The van der Waals surface area contributed by atoms with E-state index in [4.69, 9.17) is 9.26 Å². The molecule has 1 saturated carbocycles. The van der Waals surface area contributed by atoms with Crippen LogP contribution < -0.4 is 10.1 Å². The highest BCUT2D eigenvalue weighted by Gasteiger charge is 2.51. The van der Waals surface area contributed by atoms with Crippen molar-refractivity contribution < 1.29 is 19.2 Å². The summed E-state index contributed by atoms with van der Waals surface area (Å²) < 4.78 is 11.3. The van der Waals surface area contributed by atoms with Gasteiger partial charge in [-0.05, 0) is 66.3 Å². The van der Waals surface area contributed by atoms with Gasteiger partial charge in [-0.15, -0.1) is 0 Å². The minimum absolute atomic E-state index is 0.562. The predicted molar refractivity (Wildman–Crippen MR) is 150 cm³/mol. The summed E-state index contributed by atoms with van der Waals surface area (Å²) in [6.45, 7) is 1.90. The number of aliphatic carboxylic acids is 1. The molecule has 7 heteroatoms. The van der Waals surface area contributed by atoms with Crippen molar-refractivity contribution in [1.29, 1.82) is 0 Å². The Balaban J connectivity index is 1.35. The van der Waals surface area contributed by atoms with Crippen molar-refractivity contribution in [1.82, 2.24) is 10.1 Å². The maximum absolute atomic E-state index is 11.8. The summed E-state index contributed by atoms with van der Waals surface area (Å²) in [6, 6.07) is 27.7. The molecule has 0 unspecified atom stereocenters. The molecule has 194 valence electrons. The van der Waals surface area contributed by atoms with Gasteiger partial charge in [-0.25, -0.2) is 4.98 Å². The first-order chi connectivity index (χ1) is 19.0. The van der Waals surface area contributed by atoms with Crippen molar-refractivity contribution in [2.75, 3.05) is 12.4 Å². The van der Waals surface area contributed by atoms with Crippen LogP contribution in [0.5, 0.6) is 5.88 Å². The van der Waals surface area contributed by atoms with Crippen LogP contribution in [0.25, 0.3) is 33.6 Å². The Morgan fingerprint density at radius 1 is 0.923 bits per heavy atom. The third-order valence-electron chi connectivity index (χ3n) is 7.35. The molecule has 2 N–H and O–H groups in total. The highest BCUT2D eigenvalue weighted by molar-refractivity contribution is 5.89. The molecule has 0 atom stereocenters. The molecule has 0 saturated heterocycles. The molecule has 7 nitrogen and oxygen atoms in total. The lowest BCUT2D eigenvalue weighted by Crippen LogP contribution is -2.19. The molecule has 6 rings (SSSR count). The van der Waals surface area contributed by atoms with Gasteiger partial charge in [0.1, 0.15) is 11.4 Å². The zero-order chi connectivity index (χ0) is 27.0. The zero-order valence-corrected chi connectivity index (χ0v) is 21.6. The van der Waals surface area contributed by atoms with Gasteiger partial charge < -0.3 is 19.7 Å². The molecule has 0 bridgehead atoms. The molecule has 2 heterocycles. The molecule has 1 aliphatic rings. The van der Waals surface area contributed by atoms with Crippen LogP contribution in [0.1, 0.15) is 24.1 Å². The standard InChI is InChI=1S/C32H27N3O4/c1-20-28(34-24-8-5-7-22(19-24)26-11-6-18-33-30(26)38-2)29(39-35-20)27-10-4-3-9-25(27)21-12-14-23(15-13-21)32(16-17-32)31(36)37/h3-15,18-19,34H,16-17H2,1-2H3,(H,36,37). The monoisotopic (exact) mass is 517 g/mol. The average Bonchev–Trinajstić information content (AvgIpc) is 3.72. The second-order valence-corrected chi connectivity index (χ2v) is 9.75. The Morgan fingerprint density at radius 2 is 1.67 bits per heavy atom. The van der Waals surface area contributed by atoms with Gasteiger partial charge in [0.15, 0.2) is 5.76 Å². The lowest BCUT2D eigenvalue weighted by Gasteiger charge is -2.14. The van der Waals surface area contributed by atoms with Gasteiger partial charge in [-0.1, -0.05) is 65.8 Å². The fourth-order valence-electron chi connectivity index (χ4n) is 5.04. The number of carbonyl (C=O) groups is 1. The Morgan fingerprint density at radius 3 is 2.38 bits per heavy atom. The van der Waals surface area contributed by atoms with Crippen molar-refractivity contribution in [3.05, 3.63) is 102 Å². The van der Waals surface area contributed by atoms with E-state index in [2.05, 4.69) is 15.5 Å². The Kier molecular flexibility index (Phi) is 6.11. The van der Waals surface area contributed by atoms with E-state index in [9.17, 15) is 9.90 Å². The van der Waals surface area contributed by atoms with Crippen LogP contribution in [0.2, 0.25) is 0 Å². The highest BCUT2D eigenvalue weighted by atomic mass is 16.5. The molecule has 0 aliphatic heterocycles. The number of ether oxygens (including phenoxy) is 1. The SMILES string of the molecule is COc1ncccc1-c1cccc(Nc2c(C)noc2-c2ccccc2-c2ccc(C3(C(=O)O)CC3)cc2)c1. The van der Waals surface area contributed by atoms with E-state index in [-0.39, 0.29) is 0 Å². The highest BCUT2D eigenvalue weighted by Crippen LogP contribution is 2.49. The zero-order valence-electron chi connectivity index (χ0n) is 21.6. The fraction of sp³-hybridized carbons (Fsp3) is 0.156. The van der Waals surface area contributed by atoms with Gasteiger partial charge in [0.2, 0.25) is 5.88 Å². The maximum Gasteiger partial charge on any atom is 0.314 e. The summed E-state index contributed by atoms with van der Waals surface area (Å²) >= 11 is 0. The average molecular weight is 518 g/mol. The van der Waals surface area contributed by atoms with Gasteiger partial charge in [0.05, 0.1) is 12.5 Å². The van der Waals surface area contributed by atoms with Crippen molar-refractivity contribution in [3.8, 4) is 39.5 Å². The number of methoxy groups -OCH3 is 1. The summed E-state index contributed by atoms with van der Waals surface area (Å²) in [5.41, 5.74) is 7.19. The molecule has 1 fully saturated rings. The number of carboxylic acids is 1. The minimum atomic E-state index is -0.755. The summed E-state index contributed by atoms with van der Waals surface area (Å²) in [7, 11) is 1.61.